The van der Waals surface area contributed by atoms with Crippen molar-refractivity contribution in [2.24, 2.45) is 0 Å². The van der Waals surface area contributed by atoms with Gasteiger partial charge in [-0.1, -0.05) is 23.7 Å². The highest BCUT2D eigenvalue weighted by molar-refractivity contribution is 6.30. The normalized spacial score (nSPS) is 10.4. The predicted octanol–water partition coefficient (Wildman–Crippen LogP) is 2.19. The minimum Gasteiger partial charge on any atom is -0.477 e. The van der Waals surface area contributed by atoms with Crippen LogP contribution in [-0.2, 0) is 6.54 Å². The lowest BCUT2D eigenvalue weighted by molar-refractivity contribution is -0.390. The fourth-order valence-corrected chi connectivity index (χ4v) is 1.81. The molecule has 0 saturated carbocycles. The Hall–Kier alpha value is -2.41. The van der Waals surface area contributed by atoms with Gasteiger partial charge < -0.3 is 15.2 Å². The molecule has 0 aliphatic carbocycles. The van der Waals surface area contributed by atoms with E-state index in [2.05, 4.69) is 5.10 Å². The molecule has 19 heavy (non-hydrogen) atoms. The van der Waals surface area contributed by atoms with Gasteiger partial charge in [0.05, 0.1) is 17.8 Å². The average Bonchev–Trinajstić information content (AvgIpc) is 2.73. The molecule has 2 rings (SSSR count). The summed E-state index contributed by atoms with van der Waals surface area (Å²) in [4.78, 5) is 20.7. The van der Waals surface area contributed by atoms with Crippen LogP contribution in [0.4, 0.5) is 5.82 Å². The summed E-state index contributed by atoms with van der Waals surface area (Å²) in [6.07, 6.45) is 1.13. The fraction of sp³-hybridized carbons (Fsp3) is 0.0909. The maximum atomic E-state index is 10.9. The molecule has 0 amide bonds. The number of hydrogen-bond donors (Lipinski definition) is 1. The largest absolute Gasteiger partial charge is 0.477 e. The molecule has 7 nitrogen and oxygen atoms in total. The summed E-state index contributed by atoms with van der Waals surface area (Å²) in [6.45, 7) is 0.203. The lowest BCUT2D eigenvalue weighted by Gasteiger charge is -1.98. The molecule has 0 aliphatic heterocycles. The second-order valence-electron chi connectivity index (χ2n) is 3.76. The predicted molar refractivity (Wildman–Crippen MR) is 66.4 cm³/mol. The lowest BCUT2D eigenvalue weighted by Crippen LogP contribution is -2.01. The zero-order chi connectivity index (χ0) is 14.0. The Kier molecular flexibility index (Phi) is 3.48. The summed E-state index contributed by atoms with van der Waals surface area (Å²) < 4.78 is 1.20. The third-order valence-corrected chi connectivity index (χ3v) is 2.61. The first-order chi connectivity index (χ1) is 8.97. The molecule has 1 N–H and O–H groups in total. The Balaban J connectivity index is 2.34. The highest BCUT2D eigenvalue weighted by atomic mass is 35.5. The van der Waals surface area contributed by atoms with Crippen LogP contribution in [0.3, 0.4) is 0 Å². The van der Waals surface area contributed by atoms with Crippen LogP contribution >= 0.6 is 11.6 Å². The molecule has 0 fully saturated rings. The Morgan fingerprint density at radius 2 is 2.26 bits per heavy atom. The fourth-order valence-electron chi connectivity index (χ4n) is 1.60. The Morgan fingerprint density at radius 1 is 1.53 bits per heavy atom. The number of aromatic nitrogens is 2. The van der Waals surface area contributed by atoms with Crippen molar-refractivity contribution in [3.8, 4) is 0 Å². The number of carbonyl (C=O) groups is 1. The first-order valence-electron chi connectivity index (χ1n) is 5.17. The van der Waals surface area contributed by atoms with Gasteiger partial charge in [-0.05, 0) is 22.6 Å². The summed E-state index contributed by atoms with van der Waals surface area (Å²) in [5, 5.41) is 23.7. The molecule has 0 saturated heterocycles. The van der Waals surface area contributed by atoms with Gasteiger partial charge in [0.25, 0.3) is 0 Å². The lowest BCUT2D eigenvalue weighted by atomic mass is 10.2. The van der Waals surface area contributed by atoms with Crippen molar-refractivity contribution in [3.63, 3.8) is 0 Å². The van der Waals surface area contributed by atoms with E-state index in [1.54, 1.807) is 24.3 Å². The van der Waals surface area contributed by atoms with E-state index in [1.165, 1.54) is 4.68 Å². The molecule has 1 aromatic carbocycles. The summed E-state index contributed by atoms with van der Waals surface area (Å²) >= 11 is 5.82. The van der Waals surface area contributed by atoms with Crippen LogP contribution in [0.1, 0.15) is 15.9 Å². The van der Waals surface area contributed by atoms with E-state index in [4.69, 9.17) is 16.7 Å². The Labute approximate surface area is 112 Å². The van der Waals surface area contributed by atoms with Crippen molar-refractivity contribution in [2.45, 2.75) is 6.54 Å². The number of benzene rings is 1. The maximum absolute atomic E-state index is 10.9. The number of carboxylic acids is 1. The van der Waals surface area contributed by atoms with Crippen LogP contribution in [-0.4, -0.2) is 25.8 Å². The van der Waals surface area contributed by atoms with Crippen LogP contribution in [0.5, 0.6) is 0 Å². The molecular formula is C11H8ClN3O4. The van der Waals surface area contributed by atoms with Crippen molar-refractivity contribution in [3.05, 3.63) is 56.7 Å². The molecule has 2 aromatic rings. The highest BCUT2D eigenvalue weighted by Gasteiger charge is 2.25. The number of carboxylic acid groups (broad SMARTS) is 1. The minimum atomic E-state index is -1.39. The van der Waals surface area contributed by atoms with Gasteiger partial charge in [0.2, 0.25) is 0 Å². The van der Waals surface area contributed by atoms with Crippen LogP contribution in [0.25, 0.3) is 0 Å². The molecule has 1 heterocycles. The van der Waals surface area contributed by atoms with E-state index in [9.17, 15) is 14.9 Å². The first kappa shape index (κ1) is 13.0. The van der Waals surface area contributed by atoms with Crippen molar-refractivity contribution in [1.29, 1.82) is 0 Å². The second-order valence-corrected chi connectivity index (χ2v) is 4.19. The first-order valence-corrected chi connectivity index (χ1v) is 5.55. The van der Waals surface area contributed by atoms with Crippen molar-refractivity contribution < 1.29 is 14.8 Å². The number of hydrogen-bond acceptors (Lipinski definition) is 4. The number of nitro groups is 1. The minimum absolute atomic E-state index is 0.203. The van der Waals surface area contributed by atoms with Crippen LogP contribution in [0, 0.1) is 10.1 Å². The molecule has 1 aromatic heterocycles. The van der Waals surface area contributed by atoms with Gasteiger partial charge in [-0.2, -0.15) is 4.68 Å². The average molecular weight is 282 g/mol. The van der Waals surface area contributed by atoms with Gasteiger partial charge in [0.15, 0.2) is 5.56 Å². The zero-order valence-electron chi connectivity index (χ0n) is 9.49. The van der Waals surface area contributed by atoms with Crippen LogP contribution in [0.2, 0.25) is 5.02 Å². The van der Waals surface area contributed by atoms with E-state index >= 15 is 0 Å². The van der Waals surface area contributed by atoms with Crippen molar-refractivity contribution >= 4 is 23.4 Å². The molecule has 8 heteroatoms. The molecule has 0 spiro atoms. The van der Waals surface area contributed by atoms with E-state index in [-0.39, 0.29) is 6.54 Å². The van der Waals surface area contributed by atoms with E-state index < -0.39 is 22.3 Å². The Bertz CT molecular complexity index is 622. The number of halogens is 1. The molecular weight excluding hydrogens is 274 g/mol. The van der Waals surface area contributed by atoms with Crippen molar-refractivity contribution in [1.82, 2.24) is 9.78 Å². The molecule has 98 valence electrons. The molecule has 0 aliphatic rings. The van der Waals surface area contributed by atoms with Gasteiger partial charge >= 0.3 is 11.8 Å². The number of aromatic carboxylic acids is 1. The summed E-state index contributed by atoms with van der Waals surface area (Å²) in [7, 11) is 0. The van der Waals surface area contributed by atoms with Crippen molar-refractivity contribution in [2.75, 3.05) is 0 Å². The van der Waals surface area contributed by atoms with Gasteiger partial charge in [-0.3, -0.25) is 0 Å². The number of rotatable bonds is 4. The maximum Gasteiger partial charge on any atom is 0.404 e. The third kappa shape index (κ3) is 2.89. The SMILES string of the molecule is O=C(O)c1cn(Cc2cccc(Cl)c2)nc1[N+](=O)[O-]. The summed E-state index contributed by atoms with van der Waals surface area (Å²) in [5.74, 6) is -2.06. The highest BCUT2D eigenvalue weighted by Crippen LogP contribution is 2.17. The molecule has 0 unspecified atom stereocenters. The summed E-state index contributed by atoms with van der Waals surface area (Å²) in [5.41, 5.74) is 0.328. The molecule has 0 radical (unpaired) electrons. The van der Waals surface area contributed by atoms with E-state index in [0.29, 0.717) is 5.02 Å². The summed E-state index contributed by atoms with van der Waals surface area (Å²) in [6, 6.07) is 6.86. The van der Waals surface area contributed by atoms with Gasteiger partial charge in [0, 0.05) is 5.02 Å². The smallest absolute Gasteiger partial charge is 0.404 e. The quantitative estimate of drug-likeness (QED) is 0.684. The van der Waals surface area contributed by atoms with Gasteiger partial charge in [0.1, 0.15) is 0 Å². The Morgan fingerprint density at radius 3 is 2.79 bits per heavy atom. The molecule has 0 bridgehead atoms. The standard InChI is InChI=1S/C11H8ClN3O4/c12-8-3-1-2-7(4-8)5-14-6-9(11(16)17)10(13-14)15(18)19/h1-4,6H,5H2,(H,16,17). The topological polar surface area (TPSA) is 98.3 Å². The third-order valence-electron chi connectivity index (χ3n) is 2.38. The second kappa shape index (κ2) is 5.07. The van der Waals surface area contributed by atoms with Crippen LogP contribution in [0.15, 0.2) is 30.5 Å². The number of nitrogens with zero attached hydrogens (tertiary/aromatic N) is 3. The van der Waals surface area contributed by atoms with E-state index in [0.717, 1.165) is 11.8 Å². The molecule has 0 atom stereocenters. The zero-order valence-corrected chi connectivity index (χ0v) is 10.2. The monoisotopic (exact) mass is 281 g/mol. The van der Waals surface area contributed by atoms with Gasteiger partial charge in [-0.15, -0.1) is 0 Å². The van der Waals surface area contributed by atoms with Gasteiger partial charge in [-0.25, -0.2) is 4.79 Å². The van der Waals surface area contributed by atoms with Crippen LogP contribution < -0.4 is 0 Å². The van der Waals surface area contributed by atoms with E-state index in [1.807, 2.05) is 0 Å².